The average molecular weight is 417 g/mol. The van der Waals surface area contributed by atoms with Gasteiger partial charge in [-0.15, -0.1) is 0 Å². The summed E-state index contributed by atoms with van der Waals surface area (Å²) in [6.45, 7) is 8.08. The quantitative estimate of drug-likeness (QED) is 0.272. The first-order valence-corrected chi connectivity index (χ1v) is 12.1. The highest BCUT2D eigenvalue weighted by Gasteiger charge is 2.35. The van der Waals surface area contributed by atoms with E-state index in [4.69, 9.17) is 14.2 Å². The van der Waals surface area contributed by atoms with Crippen LogP contribution >= 0.6 is 0 Å². The monoisotopic (exact) mass is 416 g/mol. The van der Waals surface area contributed by atoms with E-state index in [0.29, 0.717) is 17.6 Å². The summed E-state index contributed by atoms with van der Waals surface area (Å²) < 4.78 is 17.9. The summed E-state index contributed by atoms with van der Waals surface area (Å²) in [6.07, 6.45) is 10.8. The minimum atomic E-state index is -0.0854. The van der Waals surface area contributed by atoms with Crippen LogP contribution in [-0.4, -0.2) is 25.5 Å². The van der Waals surface area contributed by atoms with Crippen LogP contribution in [0.15, 0.2) is 18.2 Å². The molecule has 0 amide bonds. The van der Waals surface area contributed by atoms with Gasteiger partial charge >= 0.3 is 5.97 Å². The summed E-state index contributed by atoms with van der Waals surface area (Å²) in [5, 5.41) is 0. The van der Waals surface area contributed by atoms with Crippen molar-refractivity contribution in [3.8, 4) is 5.75 Å². The minimum Gasteiger partial charge on any atom is -0.426 e. The number of hydrogen-bond donors (Lipinski definition) is 0. The van der Waals surface area contributed by atoms with Crippen LogP contribution in [0, 0.1) is 24.7 Å². The van der Waals surface area contributed by atoms with Gasteiger partial charge < -0.3 is 14.2 Å². The summed E-state index contributed by atoms with van der Waals surface area (Å²) in [5.74, 6) is 1.56. The third-order valence-electron chi connectivity index (χ3n) is 6.69. The second kappa shape index (κ2) is 11.9. The van der Waals surface area contributed by atoms with E-state index in [1.807, 2.05) is 13.0 Å². The molecule has 1 saturated carbocycles. The second-order valence-electron chi connectivity index (χ2n) is 9.28. The maximum Gasteiger partial charge on any atom is 0.314 e. The maximum atomic E-state index is 12.7. The van der Waals surface area contributed by atoms with E-state index >= 15 is 0 Å². The lowest BCUT2D eigenvalue weighted by Crippen LogP contribution is -2.39. The lowest BCUT2D eigenvalue weighted by Gasteiger charge is -2.37. The first-order valence-electron chi connectivity index (χ1n) is 12.1. The SMILES string of the molecule is CCCCCC1COC(C2CCC(C(=O)Oc3ccc(CCC)cc3C)CC2)OC1. The summed E-state index contributed by atoms with van der Waals surface area (Å²) >= 11 is 0. The number of carbonyl (C=O) groups is 1. The van der Waals surface area contributed by atoms with Gasteiger partial charge in [-0.1, -0.05) is 51.7 Å². The first-order chi connectivity index (χ1) is 14.6. The van der Waals surface area contributed by atoms with Gasteiger partial charge in [-0.05, 0) is 62.6 Å². The number of hydrogen-bond acceptors (Lipinski definition) is 4. The average Bonchev–Trinajstić information content (AvgIpc) is 2.77. The van der Waals surface area contributed by atoms with Crippen molar-refractivity contribution >= 4 is 5.97 Å². The fourth-order valence-electron chi connectivity index (χ4n) is 4.77. The molecule has 30 heavy (non-hydrogen) atoms. The topological polar surface area (TPSA) is 44.8 Å². The highest BCUT2D eigenvalue weighted by molar-refractivity contribution is 5.75. The number of esters is 1. The van der Waals surface area contributed by atoms with Gasteiger partial charge in [-0.3, -0.25) is 4.79 Å². The number of unbranched alkanes of at least 4 members (excludes halogenated alkanes) is 2. The van der Waals surface area contributed by atoms with E-state index in [-0.39, 0.29) is 18.2 Å². The molecule has 4 nitrogen and oxygen atoms in total. The molecule has 0 N–H and O–H groups in total. The second-order valence-corrected chi connectivity index (χ2v) is 9.28. The Kier molecular flexibility index (Phi) is 9.20. The maximum absolute atomic E-state index is 12.7. The zero-order valence-electron chi connectivity index (χ0n) is 19.2. The van der Waals surface area contributed by atoms with E-state index in [9.17, 15) is 4.79 Å². The Morgan fingerprint density at radius 1 is 1.03 bits per heavy atom. The first kappa shape index (κ1) is 23.3. The fraction of sp³-hybridized carbons (Fsp3) is 0.731. The van der Waals surface area contributed by atoms with E-state index < -0.39 is 0 Å². The Balaban J connectivity index is 1.40. The largest absolute Gasteiger partial charge is 0.426 e. The van der Waals surface area contributed by atoms with Gasteiger partial charge in [-0.25, -0.2) is 0 Å². The van der Waals surface area contributed by atoms with Crippen molar-refractivity contribution in [1.29, 1.82) is 0 Å². The van der Waals surface area contributed by atoms with Gasteiger partial charge in [0.1, 0.15) is 5.75 Å². The predicted octanol–water partition coefficient (Wildman–Crippen LogP) is 6.23. The van der Waals surface area contributed by atoms with Crippen LogP contribution < -0.4 is 4.74 Å². The van der Waals surface area contributed by atoms with Crippen molar-refractivity contribution in [2.45, 2.75) is 91.3 Å². The molecule has 0 radical (unpaired) electrons. The lowest BCUT2D eigenvalue weighted by atomic mass is 9.81. The number of benzene rings is 1. The Morgan fingerprint density at radius 3 is 2.40 bits per heavy atom. The van der Waals surface area contributed by atoms with Crippen LogP contribution in [0.25, 0.3) is 0 Å². The molecule has 0 unspecified atom stereocenters. The molecule has 1 aromatic carbocycles. The van der Waals surface area contributed by atoms with Crippen molar-refractivity contribution in [2.24, 2.45) is 17.8 Å². The van der Waals surface area contributed by atoms with Crippen molar-refractivity contribution in [1.82, 2.24) is 0 Å². The number of ether oxygens (including phenoxy) is 3. The molecule has 1 saturated heterocycles. The highest BCUT2D eigenvalue weighted by Crippen LogP contribution is 2.35. The van der Waals surface area contributed by atoms with Crippen LogP contribution in [0.5, 0.6) is 5.75 Å². The van der Waals surface area contributed by atoms with Crippen LogP contribution in [0.2, 0.25) is 0 Å². The molecule has 3 rings (SSSR count). The fourth-order valence-corrected chi connectivity index (χ4v) is 4.77. The standard InChI is InChI=1S/C26H40O4/c1-4-6-7-9-21-17-28-26(29-18-21)23-13-11-22(12-14-23)25(27)30-24-15-10-20(8-5-2)16-19(24)3/h10,15-16,21-23,26H,4-9,11-14,17-18H2,1-3H3. The van der Waals surface area contributed by atoms with Crippen LogP contribution in [-0.2, 0) is 20.7 Å². The molecule has 0 bridgehead atoms. The normalized spacial score (nSPS) is 27.0. The minimum absolute atomic E-state index is 0.0126. The Bertz CT molecular complexity index is 655. The van der Waals surface area contributed by atoms with E-state index in [0.717, 1.165) is 57.3 Å². The van der Waals surface area contributed by atoms with Crippen LogP contribution in [0.1, 0.15) is 82.8 Å². The molecule has 0 spiro atoms. The number of aryl methyl sites for hydroxylation is 2. The lowest BCUT2D eigenvalue weighted by molar-refractivity contribution is -0.230. The zero-order chi connectivity index (χ0) is 21.3. The molecule has 168 valence electrons. The number of rotatable bonds is 9. The molecular weight excluding hydrogens is 376 g/mol. The highest BCUT2D eigenvalue weighted by atomic mass is 16.7. The third-order valence-corrected chi connectivity index (χ3v) is 6.69. The molecule has 1 aromatic rings. The molecular formula is C26H40O4. The van der Waals surface area contributed by atoms with Crippen LogP contribution in [0.3, 0.4) is 0 Å². The number of carbonyl (C=O) groups excluding carboxylic acids is 1. The van der Waals surface area contributed by atoms with Crippen LogP contribution in [0.4, 0.5) is 0 Å². The van der Waals surface area contributed by atoms with Gasteiger partial charge in [0.05, 0.1) is 19.1 Å². The molecule has 2 aliphatic rings. The molecule has 4 heteroatoms. The summed E-state index contributed by atoms with van der Waals surface area (Å²) in [6, 6.07) is 6.16. The van der Waals surface area contributed by atoms with Gasteiger partial charge in [0, 0.05) is 11.8 Å². The molecule has 0 aromatic heterocycles. The Hall–Kier alpha value is -1.39. The van der Waals surface area contributed by atoms with E-state index in [1.54, 1.807) is 0 Å². The van der Waals surface area contributed by atoms with Crippen molar-refractivity contribution in [3.05, 3.63) is 29.3 Å². The predicted molar refractivity (Wildman–Crippen MR) is 120 cm³/mol. The van der Waals surface area contributed by atoms with Crippen molar-refractivity contribution in [3.63, 3.8) is 0 Å². The van der Waals surface area contributed by atoms with E-state index in [2.05, 4.69) is 26.0 Å². The Morgan fingerprint density at radius 2 is 1.77 bits per heavy atom. The smallest absolute Gasteiger partial charge is 0.314 e. The molecule has 1 aliphatic heterocycles. The van der Waals surface area contributed by atoms with Crippen molar-refractivity contribution < 1.29 is 19.0 Å². The molecule has 1 aliphatic carbocycles. The summed E-state index contributed by atoms with van der Waals surface area (Å²) in [7, 11) is 0. The van der Waals surface area contributed by atoms with E-state index in [1.165, 1.54) is 31.2 Å². The van der Waals surface area contributed by atoms with Crippen molar-refractivity contribution in [2.75, 3.05) is 13.2 Å². The van der Waals surface area contributed by atoms with Gasteiger partial charge in [0.2, 0.25) is 0 Å². The molecule has 0 atom stereocenters. The molecule has 2 fully saturated rings. The summed E-state index contributed by atoms with van der Waals surface area (Å²) in [5.41, 5.74) is 2.34. The molecule has 1 heterocycles. The van der Waals surface area contributed by atoms with Gasteiger partial charge in [0.25, 0.3) is 0 Å². The van der Waals surface area contributed by atoms with Gasteiger partial charge in [0.15, 0.2) is 6.29 Å². The summed E-state index contributed by atoms with van der Waals surface area (Å²) in [4.78, 5) is 12.7. The Labute approximate surface area is 182 Å². The third kappa shape index (κ3) is 6.55. The zero-order valence-corrected chi connectivity index (χ0v) is 19.2. The van der Waals surface area contributed by atoms with Gasteiger partial charge in [-0.2, -0.15) is 0 Å².